The van der Waals surface area contributed by atoms with E-state index in [-0.39, 0.29) is 18.2 Å². The van der Waals surface area contributed by atoms with Gasteiger partial charge in [0, 0.05) is 6.54 Å². The van der Waals surface area contributed by atoms with Gasteiger partial charge < -0.3 is 19.5 Å². The van der Waals surface area contributed by atoms with Gasteiger partial charge in [0.05, 0.1) is 10.9 Å². The lowest BCUT2D eigenvalue weighted by molar-refractivity contribution is -0.130. The van der Waals surface area contributed by atoms with Gasteiger partial charge in [-0.05, 0) is 47.5 Å². The number of amides is 1. The third-order valence-electron chi connectivity index (χ3n) is 5.58. The fourth-order valence-electron chi connectivity index (χ4n) is 4.01. The minimum Gasteiger partial charge on any atom is -0.502 e. The number of aliphatic hydroxyl groups is 1. The number of carbonyl (C=O) groups excluding carboxylic acids is 1. The average molecular weight is 467 g/mol. The molecule has 0 bridgehead atoms. The molecular formula is C24H18FNO6S. The van der Waals surface area contributed by atoms with Gasteiger partial charge in [-0.3, -0.25) is 4.79 Å². The van der Waals surface area contributed by atoms with Crippen molar-refractivity contribution in [1.29, 1.82) is 0 Å². The van der Waals surface area contributed by atoms with E-state index in [1.54, 1.807) is 36.4 Å². The average Bonchev–Trinajstić information content (AvgIpc) is 3.38. The third kappa shape index (κ3) is 3.60. The van der Waals surface area contributed by atoms with Crippen LogP contribution < -0.4 is 9.47 Å². The molecule has 5 rings (SSSR count). The molecular weight excluding hydrogens is 449 g/mol. The Morgan fingerprint density at radius 3 is 2.39 bits per heavy atom. The van der Waals surface area contributed by atoms with Crippen LogP contribution in [0, 0.1) is 5.82 Å². The first-order valence-electron chi connectivity index (χ1n) is 10.0. The number of fused-ring (bicyclic) bond motifs is 1. The summed E-state index contributed by atoms with van der Waals surface area (Å²) in [4.78, 5) is 13.9. The number of hydrogen-bond acceptors (Lipinski definition) is 6. The second-order valence-electron chi connectivity index (χ2n) is 7.60. The van der Waals surface area contributed by atoms with E-state index < -0.39 is 38.3 Å². The molecule has 1 N–H and O–H groups in total. The van der Waals surface area contributed by atoms with Gasteiger partial charge in [0.2, 0.25) is 16.6 Å². The van der Waals surface area contributed by atoms with Crippen molar-refractivity contribution in [1.82, 2.24) is 4.90 Å². The third-order valence-corrected chi connectivity index (χ3v) is 7.46. The largest absolute Gasteiger partial charge is 0.502 e. The van der Waals surface area contributed by atoms with Gasteiger partial charge in [-0.2, -0.15) is 0 Å². The van der Waals surface area contributed by atoms with Crippen LogP contribution in [-0.2, 0) is 21.2 Å². The maximum Gasteiger partial charge on any atom is 0.290 e. The molecule has 3 aromatic rings. The molecule has 0 radical (unpaired) electrons. The van der Waals surface area contributed by atoms with Crippen molar-refractivity contribution in [2.24, 2.45) is 0 Å². The highest BCUT2D eigenvalue weighted by molar-refractivity contribution is 7.95. The predicted molar refractivity (Wildman–Crippen MR) is 116 cm³/mol. The van der Waals surface area contributed by atoms with E-state index in [4.69, 9.17) is 9.47 Å². The maximum absolute atomic E-state index is 13.6. The van der Waals surface area contributed by atoms with Crippen molar-refractivity contribution in [3.05, 3.63) is 100 Å². The maximum atomic E-state index is 13.6. The summed E-state index contributed by atoms with van der Waals surface area (Å²) in [5.74, 6) is -1.13. The smallest absolute Gasteiger partial charge is 0.290 e. The van der Waals surface area contributed by atoms with Crippen LogP contribution in [0.25, 0.3) is 0 Å². The quantitative estimate of drug-likeness (QED) is 0.612. The van der Waals surface area contributed by atoms with E-state index in [9.17, 15) is 22.7 Å². The molecule has 7 nitrogen and oxygen atoms in total. The van der Waals surface area contributed by atoms with Crippen LogP contribution >= 0.6 is 0 Å². The lowest BCUT2D eigenvalue weighted by Gasteiger charge is -2.27. The molecule has 0 aromatic heterocycles. The predicted octanol–water partition coefficient (Wildman–Crippen LogP) is 3.88. The van der Waals surface area contributed by atoms with E-state index in [1.807, 2.05) is 0 Å². The number of rotatable bonds is 5. The summed E-state index contributed by atoms with van der Waals surface area (Å²) in [7, 11) is -4.23. The number of nitrogens with zero attached hydrogens (tertiary/aromatic N) is 1. The molecule has 168 valence electrons. The molecule has 0 spiro atoms. The Kier molecular flexibility index (Phi) is 5.05. The van der Waals surface area contributed by atoms with Crippen molar-refractivity contribution in [3.8, 4) is 11.5 Å². The van der Waals surface area contributed by atoms with E-state index in [0.717, 1.165) is 0 Å². The van der Waals surface area contributed by atoms with Gasteiger partial charge in [0.25, 0.3) is 5.91 Å². The minimum absolute atomic E-state index is 0.0185. The summed E-state index contributed by atoms with van der Waals surface area (Å²) in [6.07, 6.45) is 0. The Bertz CT molecular complexity index is 1370. The number of aliphatic hydroxyl groups excluding tert-OH is 1. The molecule has 2 heterocycles. The van der Waals surface area contributed by atoms with E-state index in [2.05, 4.69) is 0 Å². The zero-order chi connectivity index (χ0) is 23.2. The number of ether oxygens (including phenoxy) is 2. The number of sulfone groups is 1. The van der Waals surface area contributed by atoms with E-state index >= 15 is 0 Å². The van der Waals surface area contributed by atoms with Crippen LogP contribution in [0.4, 0.5) is 4.39 Å². The molecule has 9 heteroatoms. The Morgan fingerprint density at radius 2 is 1.67 bits per heavy atom. The normalized spacial score (nSPS) is 17.7. The zero-order valence-electron chi connectivity index (χ0n) is 17.1. The number of halogens is 1. The first-order valence-corrected chi connectivity index (χ1v) is 11.5. The molecule has 0 saturated carbocycles. The fourth-order valence-corrected chi connectivity index (χ4v) is 5.67. The summed E-state index contributed by atoms with van der Waals surface area (Å²) < 4.78 is 51.3. The van der Waals surface area contributed by atoms with Gasteiger partial charge in [-0.15, -0.1) is 0 Å². The minimum atomic E-state index is -4.23. The summed E-state index contributed by atoms with van der Waals surface area (Å²) >= 11 is 0. The second-order valence-corrected chi connectivity index (χ2v) is 9.52. The fraction of sp³-hybridized carbons (Fsp3) is 0.125. The molecule has 0 saturated heterocycles. The molecule has 2 aliphatic heterocycles. The summed E-state index contributed by atoms with van der Waals surface area (Å²) in [5, 5.41) is 10.7. The summed E-state index contributed by atoms with van der Waals surface area (Å²) in [6, 6.07) is 16.7. The Labute approximate surface area is 189 Å². The molecule has 1 atom stereocenters. The van der Waals surface area contributed by atoms with Crippen molar-refractivity contribution in [2.45, 2.75) is 17.5 Å². The molecule has 3 aromatic carbocycles. The molecule has 1 amide bonds. The Morgan fingerprint density at radius 1 is 0.970 bits per heavy atom. The number of benzene rings is 3. The molecule has 0 fully saturated rings. The first-order chi connectivity index (χ1) is 15.9. The number of carbonyl (C=O) groups is 1. The van der Waals surface area contributed by atoms with Gasteiger partial charge in [0.15, 0.2) is 17.3 Å². The number of hydrogen-bond donors (Lipinski definition) is 1. The van der Waals surface area contributed by atoms with Gasteiger partial charge in [-0.1, -0.05) is 36.4 Å². The van der Waals surface area contributed by atoms with Crippen LogP contribution in [-0.4, -0.2) is 31.1 Å². The lowest BCUT2D eigenvalue weighted by atomic mass is 10.1. The van der Waals surface area contributed by atoms with Crippen LogP contribution in [0.1, 0.15) is 17.2 Å². The molecule has 0 aliphatic carbocycles. The summed E-state index contributed by atoms with van der Waals surface area (Å²) in [6.45, 7) is 0.0663. The van der Waals surface area contributed by atoms with Crippen molar-refractivity contribution >= 4 is 15.7 Å². The van der Waals surface area contributed by atoms with Crippen LogP contribution in [0.15, 0.2) is 88.4 Å². The van der Waals surface area contributed by atoms with Crippen LogP contribution in [0.3, 0.4) is 0 Å². The van der Waals surface area contributed by atoms with Crippen LogP contribution in [0.2, 0.25) is 0 Å². The lowest BCUT2D eigenvalue weighted by Crippen LogP contribution is -2.30. The van der Waals surface area contributed by atoms with Crippen molar-refractivity contribution in [2.75, 3.05) is 6.79 Å². The molecule has 0 unspecified atom stereocenters. The SMILES string of the molecule is O=C1C(O)=C(S(=O)(=O)c2ccccc2)[C@@H](c2ccc(F)cc2)N1Cc1ccc2c(c1)OCO2. The van der Waals surface area contributed by atoms with Crippen LogP contribution in [0.5, 0.6) is 11.5 Å². The monoisotopic (exact) mass is 467 g/mol. The van der Waals surface area contributed by atoms with Crippen molar-refractivity contribution < 1.29 is 32.2 Å². The van der Waals surface area contributed by atoms with E-state index in [1.165, 1.54) is 41.3 Å². The summed E-state index contributed by atoms with van der Waals surface area (Å²) in [5.41, 5.74) is 0.995. The van der Waals surface area contributed by atoms with Gasteiger partial charge in [0.1, 0.15) is 10.7 Å². The van der Waals surface area contributed by atoms with Crippen molar-refractivity contribution in [3.63, 3.8) is 0 Å². The Hall–Kier alpha value is -3.85. The highest BCUT2D eigenvalue weighted by Crippen LogP contribution is 2.43. The zero-order valence-corrected chi connectivity index (χ0v) is 18.0. The second kappa shape index (κ2) is 7.93. The first kappa shape index (κ1) is 21.0. The van der Waals surface area contributed by atoms with E-state index in [0.29, 0.717) is 22.6 Å². The topological polar surface area (TPSA) is 93.1 Å². The Balaban J connectivity index is 1.61. The highest BCUT2D eigenvalue weighted by atomic mass is 32.2. The standard InChI is InChI=1S/C24H18FNO6S/c25-17-9-7-16(8-10-17)21-23(33(29,30)18-4-2-1-3-5-18)22(27)24(28)26(21)13-15-6-11-19-20(12-15)32-14-31-19/h1-12,21,27H,13-14H2/t21-/m1/s1. The van der Waals surface area contributed by atoms with Gasteiger partial charge >= 0.3 is 0 Å². The highest BCUT2D eigenvalue weighted by Gasteiger charge is 2.46. The van der Waals surface area contributed by atoms with Gasteiger partial charge in [-0.25, -0.2) is 12.8 Å². The molecule has 2 aliphatic rings. The molecule has 33 heavy (non-hydrogen) atoms.